The number of aromatic nitrogens is 2. The van der Waals surface area contributed by atoms with Crippen LogP contribution in [0.25, 0.3) is 82.9 Å². The maximum Gasteiger partial charge on any atom is 0.0780 e. The minimum absolute atomic E-state index is 0.0845. The van der Waals surface area contributed by atoms with Crippen LogP contribution in [0.3, 0.4) is 0 Å². The third-order valence-electron chi connectivity index (χ3n) is 18.5. The lowest BCUT2D eigenvalue weighted by Crippen LogP contribution is -2.55. The lowest BCUT2D eigenvalue weighted by molar-refractivity contribution is -0.0399. The van der Waals surface area contributed by atoms with Crippen LogP contribution in [0.1, 0.15) is 106 Å². The zero-order valence-corrected chi connectivity index (χ0v) is 38.5. The van der Waals surface area contributed by atoms with Gasteiger partial charge in [-0.15, -0.1) is 0 Å². The normalized spacial score (nSPS) is 23.9. The van der Waals surface area contributed by atoms with Crippen molar-refractivity contribution in [2.24, 2.45) is 23.7 Å². The summed E-state index contributed by atoms with van der Waals surface area (Å²) in [7, 11) is 0. The molecule has 0 aliphatic heterocycles. The number of nitrogens with zero attached hydrogens (tertiary/aromatic N) is 2. The van der Waals surface area contributed by atoms with Crippen molar-refractivity contribution < 1.29 is 0 Å². The van der Waals surface area contributed by atoms with Gasteiger partial charge in [0.05, 0.1) is 16.6 Å². The molecular formula is C64H56N2. The molecule has 2 heteroatoms. The quantitative estimate of drug-likeness (QED) is 0.173. The van der Waals surface area contributed by atoms with E-state index >= 15 is 0 Å². The molecule has 0 N–H and O–H groups in total. The number of fused-ring (bicyclic) bond motifs is 12. The maximum atomic E-state index is 4.90. The molecule has 9 aromatic rings. The maximum absolute atomic E-state index is 4.90. The van der Waals surface area contributed by atoms with E-state index in [0.717, 1.165) is 17.4 Å². The van der Waals surface area contributed by atoms with E-state index in [-0.39, 0.29) is 16.2 Å². The van der Waals surface area contributed by atoms with Crippen molar-refractivity contribution in [2.75, 3.05) is 0 Å². The van der Waals surface area contributed by atoms with Crippen molar-refractivity contribution in [1.29, 1.82) is 0 Å². The number of pyridine rings is 1. The van der Waals surface area contributed by atoms with Crippen LogP contribution in [0.2, 0.25) is 0 Å². The van der Waals surface area contributed by atoms with E-state index in [0.29, 0.717) is 11.8 Å². The number of para-hydroxylation sites is 1. The lowest BCUT2D eigenvalue weighted by atomic mass is 9.43. The van der Waals surface area contributed by atoms with Crippen molar-refractivity contribution in [3.05, 3.63) is 180 Å². The summed E-state index contributed by atoms with van der Waals surface area (Å²) < 4.78 is 2.63. The fraction of sp³-hybridized carbons (Fsp3) is 0.297. The SMILES string of the molecule is CC(C)(C)c1ccc2c(c1)-c1ccc(-n3c4ccc(-c5cccc6cccnc56)cc4c4ccc(-c5ccc6c(c5)C5(CCCC5)c5ccccc5-6)cc43)cc1C21C2CC3CC(C2)CC1C3. The van der Waals surface area contributed by atoms with Gasteiger partial charge in [-0.25, -0.2) is 0 Å². The second-order valence-electron chi connectivity index (χ2n) is 22.7. The van der Waals surface area contributed by atoms with E-state index < -0.39 is 0 Å². The van der Waals surface area contributed by atoms with Gasteiger partial charge in [0, 0.05) is 44.4 Å². The van der Waals surface area contributed by atoms with E-state index in [1.807, 2.05) is 12.3 Å². The van der Waals surface area contributed by atoms with E-state index in [9.17, 15) is 0 Å². The summed E-state index contributed by atoms with van der Waals surface area (Å²) in [5.74, 6) is 3.23. The Kier molecular flexibility index (Phi) is 7.59. The molecule has 2 nitrogen and oxygen atoms in total. The number of benzene rings is 7. The summed E-state index contributed by atoms with van der Waals surface area (Å²) in [6.07, 6.45) is 14.0. The van der Waals surface area contributed by atoms with Crippen molar-refractivity contribution in [3.8, 4) is 50.2 Å². The highest BCUT2D eigenvalue weighted by molar-refractivity contribution is 6.12. The van der Waals surface area contributed by atoms with Gasteiger partial charge in [0.25, 0.3) is 0 Å². The topological polar surface area (TPSA) is 17.8 Å². The molecule has 5 fully saturated rings. The minimum atomic E-state index is 0.0845. The minimum Gasteiger partial charge on any atom is -0.309 e. The Bertz CT molecular complexity index is 3510. The van der Waals surface area contributed by atoms with E-state index in [1.54, 1.807) is 22.3 Å². The molecule has 66 heavy (non-hydrogen) atoms. The Morgan fingerprint density at radius 2 is 1.21 bits per heavy atom. The molecule has 0 amide bonds. The highest BCUT2D eigenvalue weighted by Gasteiger charge is 2.61. The van der Waals surface area contributed by atoms with Gasteiger partial charge in [0.15, 0.2) is 0 Å². The van der Waals surface area contributed by atoms with Crippen LogP contribution in [-0.4, -0.2) is 9.55 Å². The van der Waals surface area contributed by atoms with Gasteiger partial charge < -0.3 is 4.57 Å². The fourth-order valence-electron chi connectivity index (χ4n) is 15.9. The van der Waals surface area contributed by atoms with Crippen LogP contribution >= 0.6 is 0 Å². The molecule has 5 saturated carbocycles. The summed E-state index contributed by atoms with van der Waals surface area (Å²) in [5.41, 5.74) is 23.9. The summed E-state index contributed by atoms with van der Waals surface area (Å²) >= 11 is 0. The van der Waals surface area contributed by atoms with E-state index in [1.165, 1.54) is 141 Å². The Balaban J connectivity index is 0.960. The van der Waals surface area contributed by atoms with Crippen LogP contribution < -0.4 is 0 Å². The molecule has 2 spiro atoms. The van der Waals surface area contributed by atoms with Crippen LogP contribution in [0, 0.1) is 23.7 Å². The molecule has 322 valence electrons. The van der Waals surface area contributed by atoms with Crippen molar-refractivity contribution in [1.82, 2.24) is 9.55 Å². The molecule has 7 aliphatic rings. The number of hydrogen-bond donors (Lipinski definition) is 0. The Morgan fingerprint density at radius 3 is 2.05 bits per heavy atom. The molecule has 0 saturated heterocycles. The molecule has 0 atom stereocenters. The monoisotopic (exact) mass is 852 g/mol. The predicted octanol–water partition coefficient (Wildman–Crippen LogP) is 16.5. The Labute approximate surface area is 388 Å². The predicted molar refractivity (Wildman–Crippen MR) is 274 cm³/mol. The van der Waals surface area contributed by atoms with Crippen molar-refractivity contribution >= 4 is 32.7 Å². The molecule has 2 heterocycles. The zero-order chi connectivity index (χ0) is 43.7. The smallest absolute Gasteiger partial charge is 0.0780 e. The summed E-state index contributed by atoms with van der Waals surface area (Å²) in [6.45, 7) is 7.12. The van der Waals surface area contributed by atoms with Gasteiger partial charge in [-0.3, -0.25) is 4.98 Å². The molecule has 16 rings (SSSR count). The number of rotatable bonds is 3. The average molecular weight is 853 g/mol. The van der Waals surface area contributed by atoms with Gasteiger partial charge in [-0.1, -0.05) is 137 Å². The third-order valence-corrected chi connectivity index (χ3v) is 18.5. The molecule has 2 aromatic heterocycles. The standard InChI is InChI=1S/C64H56N2/c1-62(2,3)44-18-23-56-53(36-44)51-22-19-47(37-58(51)64(56)45-29-38-28-39(31-45)32-46(64)30-38)66-59-24-17-43(48-13-8-10-40-11-9-27-65-61(40)48)33-54(59)52-21-16-42(35-60(52)66)41-15-20-50-49-12-4-5-14-55(49)63(57(50)34-41)25-6-7-26-63/h4-5,8-24,27,33-39,45-46H,6-7,25-26,28-32H2,1-3H3. The Morgan fingerprint density at radius 1 is 0.500 bits per heavy atom. The van der Waals surface area contributed by atoms with Gasteiger partial charge >= 0.3 is 0 Å². The third kappa shape index (κ3) is 4.95. The Hall–Kier alpha value is -6.25. The first-order valence-corrected chi connectivity index (χ1v) is 25.2. The second kappa shape index (κ2) is 13.2. The summed E-state index contributed by atoms with van der Waals surface area (Å²) in [5, 5.41) is 3.76. The molecule has 7 aromatic carbocycles. The van der Waals surface area contributed by atoms with Crippen LogP contribution in [0.15, 0.2) is 152 Å². The van der Waals surface area contributed by atoms with Gasteiger partial charge in [0.2, 0.25) is 0 Å². The van der Waals surface area contributed by atoms with Crippen molar-refractivity contribution in [3.63, 3.8) is 0 Å². The van der Waals surface area contributed by atoms with Gasteiger partial charge in [0.1, 0.15) is 0 Å². The van der Waals surface area contributed by atoms with Crippen LogP contribution in [0.4, 0.5) is 0 Å². The summed E-state index contributed by atoms with van der Waals surface area (Å²) in [6, 6.07) is 57.4. The van der Waals surface area contributed by atoms with Gasteiger partial charge in [-0.05, 0) is 183 Å². The molecule has 7 aliphatic carbocycles. The summed E-state index contributed by atoms with van der Waals surface area (Å²) in [4.78, 5) is 4.90. The first-order chi connectivity index (χ1) is 32.3. The molecular weight excluding hydrogens is 797 g/mol. The second-order valence-corrected chi connectivity index (χ2v) is 22.7. The fourth-order valence-corrected chi connectivity index (χ4v) is 15.9. The molecule has 4 bridgehead atoms. The first-order valence-electron chi connectivity index (χ1n) is 25.2. The first kappa shape index (κ1) is 37.9. The van der Waals surface area contributed by atoms with E-state index in [2.05, 4.69) is 165 Å². The van der Waals surface area contributed by atoms with Gasteiger partial charge in [-0.2, -0.15) is 0 Å². The van der Waals surface area contributed by atoms with Crippen molar-refractivity contribution in [2.45, 2.75) is 94.8 Å². The zero-order valence-electron chi connectivity index (χ0n) is 38.5. The largest absolute Gasteiger partial charge is 0.309 e. The van der Waals surface area contributed by atoms with Crippen LogP contribution in [-0.2, 0) is 16.2 Å². The van der Waals surface area contributed by atoms with Crippen LogP contribution in [0.5, 0.6) is 0 Å². The molecule has 0 unspecified atom stereocenters. The number of hydrogen-bond acceptors (Lipinski definition) is 1. The highest BCUT2D eigenvalue weighted by Crippen LogP contribution is 2.70. The highest BCUT2D eigenvalue weighted by atomic mass is 15.0. The van der Waals surface area contributed by atoms with E-state index in [4.69, 9.17) is 4.98 Å². The lowest BCUT2D eigenvalue weighted by Gasteiger charge is -2.61. The average Bonchev–Trinajstić information content (AvgIpc) is 4.10. The molecule has 0 radical (unpaired) electrons.